The van der Waals surface area contributed by atoms with Crippen molar-refractivity contribution < 1.29 is 14.0 Å². The van der Waals surface area contributed by atoms with Gasteiger partial charge < -0.3 is 15.2 Å². The van der Waals surface area contributed by atoms with E-state index < -0.39 is 23.2 Å². The lowest BCUT2D eigenvalue weighted by molar-refractivity contribution is -0.116. The highest BCUT2D eigenvalue weighted by atomic mass is 35.5. The van der Waals surface area contributed by atoms with Gasteiger partial charge in [-0.2, -0.15) is 5.26 Å². The van der Waals surface area contributed by atoms with Crippen LogP contribution < -0.4 is 16.2 Å². The number of rotatable bonds is 6. The molecule has 0 saturated carbocycles. The normalized spacial score (nSPS) is 10.4. The molecule has 1 heterocycles. The minimum Gasteiger partial charge on any atom is -0.348 e. The highest BCUT2D eigenvalue weighted by Gasteiger charge is 2.16. The van der Waals surface area contributed by atoms with Crippen molar-refractivity contribution in [2.24, 2.45) is 0 Å². The molecule has 7 nitrogen and oxygen atoms in total. The van der Waals surface area contributed by atoms with Crippen LogP contribution >= 0.6 is 11.6 Å². The van der Waals surface area contributed by atoms with Crippen LogP contribution in [0.1, 0.15) is 32.7 Å². The van der Waals surface area contributed by atoms with Gasteiger partial charge in [0.05, 0.1) is 16.3 Å². The third kappa shape index (κ3) is 5.45. The number of benzene rings is 2. The first-order valence-electron chi connectivity index (χ1n) is 9.93. The Morgan fingerprint density at radius 3 is 2.58 bits per heavy atom. The van der Waals surface area contributed by atoms with Gasteiger partial charge in [0.1, 0.15) is 24.0 Å². The summed E-state index contributed by atoms with van der Waals surface area (Å²) in [6, 6.07) is 14.1. The molecule has 2 N–H and O–H groups in total. The van der Waals surface area contributed by atoms with Crippen LogP contribution in [0.3, 0.4) is 0 Å². The van der Waals surface area contributed by atoms with Gasteiger partial charge in [0.15, 0.2) is 0 Å². The number of pyridine rings is 1. The molecule has 168 valence electrons. The van der Waals surface area contributed by atoms with Gasteiger partial charge in [-0.05, 0) is 55.3 Å². The van der Waals surface area contributed by atoms with E-state index in [1.54, 1.807) is 44.2 Å². The largest absolute Gasteiger partial charge is 0.348 e. The zero-order chi connectivity index (χ0) is 24.1. The minimum atomic E-state index is -0.551. The molecule has 0 radical (unpaired) electrons. The first kappa shape index (κ1) is 23.7. The summed E-state index contributed by atoms with van der Waals surface area (Å²) in [5, 5.41) is 14.5. The van der Waals surface area contributed by atoms with Crippen LogP contribution in [0.4, 0.5) is 10.1 Å². The Hall–Kier alpha value is -3.96. The molecular weight excluding hydrogens is 447 g/mol. The third-order valence-corrected chi connectivity index (χ3v) is 5.29. The van der Waals surface area contributed by atoms with Crippen molar-refractivity contribution in [2.45, 2.75) is 26.9 Å². The minimum absolute atomic E-state index is 0.0194. The van der Waals surface area contributed by atoms with Crippen LogP contribution in [0.2, 0.25) is 5.02 Å². The van der Waals surface area contributed by atoms with Gasteiger partial charge in [0.25, 0.3) is 11.5 Å². The Morgan fingerprint density at radius 2 is 1.88 bits per heavy atom. The van der Waals surface area contributed by atoms with E-state index in [0.29, 0.717) is 16.8 Å². The van der Waals surface area contributed by atoms with E-state index in [2.05, 4.69) is 10.6 Å². The molecule has 0 aliphatic heterocycles. The van der Waals surface area contributed by atoms with Crippen LogP contribution in [0.15, 0.2) is 53.3 Å². The second kappa shape index (κ2) is 10.1. The predicted molar refractivity (Wildman–Crippen MR) is 123 cm³/mol. The zero-order valence-corrected chi connectivity index (χ0v) is 18.7. The average molecular weight is 467 g/mol. The van der Waals surface area contributed by atoms with Gasteiger partial charge >= 0.3 is 0 Å². The van der Waals surface area contributed by atoms with Gasteiger partial charge in [0, 0.05) is 12.2 Å². The molecule has 3 aromatic rings. The van der Waals surface area contributed by atoms with Crippen molar-refractivity contribution in [3.63, 3.8) is 0 Å². The van der Waals surface area contributed by atoms with E-state index in [9.17, 15) is 24.0 Å². The maximum Gasteiger partial charge on any atom is 0.269 e. The Bertz CT molecular complexity index is 1340. The first-order valence-corrected chi connectivity index (χ1v) is 10.3. The number of nitrogens with one attached hydrogen (secondary N) is 2. The monoisotopic (exact) mass is 466 g/mol. The molecule has 9 heteroatoms. The van der Waals surface area contributed by atoms with Crippen molar-refractivity contribution in [1.82, 2.24) is 9.88 Å². The lowest BCUT2D eigenvalue weighted by atomic mass is 10.1. The number of para-hydroxylation sites is 1. The van der Waals surface area contributed by atoms with E-state index >= 15 is 0 Å². The number of nitrogens with zero attached hydrogens (tertiary/aromatic N) is 2. The molecule has 3 rings (SSSR count). The zero-order valence-electron chi connectivity index (χ0n) is 17.9. The van der Waals surface area contributed by atoms with E-state index in [4.69, 9.17) is 11.6 Å². The molecule has 0 unspecified atom stereocenters. The van der Waals surface area contributed by atoms with Crippen molar-refractivity contribution >= 4 is 29.1 Å². The number of carbonyl (C=O) groups is 2. The summed E-state index contributed by atoms with van der Waals surface area (Å²) in [7, 11) is 0. The Morgan fingerprint density at radius 1 is 1.15 bits per heavy atom. The van der Waals surface area contributed by atoms with Crippen LogP contribution in [0.25, 0.3) is 0 Å². The van der Waals surface area contributed by atoms with Crippen LogP contribution in [0.5, 0.6) is 0 Å². The smallest absolute Gasteiger partial charge is 0.269 e. The van der Waals surface area contributed by atoms with Gasteiger partial charge in [-0.25, -0.2) is 4.39 Å². The fraction of sp³-hybridized carbons (Fsp3) is 0.167. The molecule has 0 aliphatic rings. The molecule has 0 saturated heterocycles. The quantitative estimate of drug-likeness (QED) is 0.578. The van der Waals surface area contributed by atoms with Crippen LogP contribution in [-0.2, 0) is 17.9 Å². The SMILES string of the molecule is Cc1cc(C)n(CC(=O)Nc2ccccc2C(=O)NCc2ccc(F)c(Cl)c2)c(=O)c1C#N. The second-order valence-electron chi connectivity index (χ2n) is 7.37. The molecule has 0 aliphatic carbocycles. The van der Waals surface area contributed by atoms with Crippen LogP contribution in [0, 0.1) is 31.0 Å². The number of hydrogen-bond acceptors (Lipinski definition) is 4. The second-order valence-corrected chi connectivity index (χ2v) is 7.78. The van der Waals surface area contributed by atoms with Crippen molar-refractivity contribution in [2.75, 3.05) is 5.32 Å². The highest BCUT2D eigenvalue weighted by molar-refractivity contribution is 6.30. The summed E-state index contributed by atoms with van der Waals surface area (Å²) in [5.74, 6) is -1.54. The van der Waals surface area contributed by atoms with E-state index in [1.807, 2.05) is 6.07 Å². The Kier molecular flexibility index (Phi) is 7.26. The third-order valence-electron chi connectivity index (χ3n) is 5.00. The molecule has 0 atom stereocenters. The van der Waals surface area contributed by atoms with Gasteiger partial charge in [-0.15, -0.1) is 0 Å². The van der Waals surface area contributed by atoms with Gasteiger partial charge in [0.2, 0.25) is 5.91 Å². The van der Waals surface area contributed by atoms with Crippen molar-refractivity contribution in [3.05, 3.63) is 97.7 Å². The number of amides is 2. The van der Waals surface area contributed by atoms with Gasteiger partial charge in [-0.3, -0.25) is 14.4 Å². The fourth-order valence-corrected chi connectivity index (χ4v) is 3.51. The molecular formula is C24H20ClFN4O3. The number of nitriles is 1. The molecule has 0 fully saturated rings. The number of aromatic nitrogens is 1. The molecule has 0 spiro atoms. The van der Waals surface area contributed by atoms with Crippen molar-refractivity contribution in [3.8, 4) is 6.07 Å². The lowest BCUT2D eigenvalue weighted by Crippen LogP contribution is -2.32. The molecule has 2 aromatic carbocycles. The molecule has 1 aromatic heterocycles. The standard InChI is InChI=1S/C24H20ClFN4O3/c1-14-9-15(2)30(24(33)18(14)11-27)13-22(31)29-21-6-4-3-5-17(21)23(32)28-12-16-7-8-20(26)19(25)10-16/h3-10H,12-13H2,1-2H3,(H,28,32)(H,29,31). The number of halogens is 2. The number of hydrogen-bond donors (Lipinski definition) is 2. The van der Waals surface area contributed by atoms with E-state index in [1.165, 1.54) is 22.8 Å². The number of anilines is 1. The molecule has 33 heavy (non-hydrogen) atoms. The Balaban J connectivity index is 1.75. The number of carbonyl (C=O) groups excluding carboxylic acids is 2. The summed E-state index contributed by atoms with van der Waals surface area (Å²) >= 11 is 5.77. The van der Waals surface area contributed by atoms with E-state index in [0.717, 1.165) is 0 Å². The summed E-state index contributed by atoms with van der Waals surface area (Å²) in [6.45, 7) is 3.12. The molecule has 0 bridgehead atoms. The number of aryl methyl sites for hydroxylation is 2. The fourth-order valence-electron chi connectivity index (χ4n) is 3.31. The van der Waals surface area contributed by atoms with E-state index in [-0.39, 0.29) is 34.9 Å². The molecule has 2 amide bonds. The van der Waals surface area contributed by atoms with Crippen LogP contribution in [-0.4, -0.2) is 16.4 Å². The first-order chi connectivity index (χ1) is 15.7. The highest BCUT2D eigenvalue weighted by Crippen LogP contribution is 2.18. The Labute approximate surface area is 194 Å². The topological polar surface area (TPSA) is 104 Å². The summed E-state index contributed by atoms with van der Waals surface area (Å²) < 4.78 is 14.5. The maximum absolute atomic E-state index is 13.3. The van der Waals surface area contributed by atoms with Crippen molar-refractivity contribution in [1.29, 1.82) is 5.26 Å². The average Bonchev–Trinajstić information content (AvgIpc) is 2.78. The lowest BCUT2D eigenvalue weighted by Gasteiger charge is -2.14. The summed E-state index contributed by atoms with van der Waals surface area (Å²) in [4.78, 5) is 37.9. The summed E-state index contributed by atoms with van der Waals surface area (Å²) in [5.41, 5.74) is 1.60. The summed E-state index contributed by atoms with van der Waals surface area (Å²) in [6.07, 6.45) is 0. The maximum atomic E-state index is 13.3. The van der Waals surface area contributed by atoms with Gasteiger partial charge in [-0.1, -0.05) is 29.8 Å². The predicted octanol–water partition coefficient (Wildman–Crippen LogP) is 3.70.